The minimum Gasteiger partial charge on any atom is -0.366 e. The number of carbonyl (C=O) groups excluding carboxylic acids is 1. The summed E-state index contributed by atoms with van der Waals surface area (Å²) >= 11 is 7.94. The molecule has 5 heteroatoms. The second-order valence-electron chi connectivity index (χ2n) is 6.73. The molecule has 1 aliphatic heterocycles. The molecule has 3 rings (SSSR count). The molecular formula is C22H26ClNO2S. The Kier molecular flexibility index (Phi) is 7.22. The van der Waals surface area contributed by atoms with E-state index in [1.165, 1.54) is 0 Å². The number of ether oxygens (including phenoxy) is 1. The van der Waals surface area contributed by atoms with E-state index in [1.807, 2.05) is 53.4 Å². The summed E-state index contributed by atoms with van der Waals surface area (Å²) in [5.74, 6) is -0.0999. The number of unbranched alkanes of at least 4 members (excludes halogenated alkanes) is 1. The maximum Gasteiger partial charge on any atom is 0.238 e. The highest BCUT2D eigenvalue weighted by Gasteiger charge is 2.38. The molecule has 0 radical (unpaired) electrons. The molecule has 0 aromatic heterocycles. The van der Waals surface area contributed by atoms with Crippen molar-refractivity contribution in [2.75, 3.05) is 11.5 Å². The van der Waals surface area contributed by atoms with Gasteiger partial charge in [0.1, 0.15) is 5.44 Å². The number of rotatable bonds is 7. The van der Waals surface area contributed by atoms with Gasteiger partial charge in [0, 0.05) is 22.2 Å². The third-order valence-electron chi connectivity index (χ3n) is 4.64. The zero-order valence-electron chi connectivity index (χ0n) is 15.9. The molecule has 144 valence electrons. The van der Waals surface area contributed by atoms with Crippen molar-refractivity contribution in [3.05, 3.63) is 53.6 Å². The summed E-state index contributed by atoms with van der Waals surface area (Å²) in [6.07, 6.45) is 3.81. The first kappa shape index (κ1) is 20.2. The quantitative estimate of drug-likeness (QED) is 0.517. The second-order valence-corrected chi connectivity index (χ2v) is 8.30. The summed E-state index contributed by atoms with van der Waals surface area (Å²) in [6, 6.07) is 15.6. The summed E-state index contributed by atoms with van der Waals surface area (Å²) in [6.45, 7) is 4.90. The fourth-order valence-electron chi connectivity index (χ4n) is 3.28. The van der Waals surface area contributed by atoms with Gasteiger partial charge in [0.05, 0.1) is 11.6 Å². The SMILES string of the molecule is CCCCC1C(=O)N(c2ccccc2)c2cc(Cl)ccc2SC1OCCC. The van der Waals surface area contributed by atoms with Gasteiger partial charge in [-0.05, 0) is 43.2 Å². The van der Waals surface area contributed by atoms with Crippen molar-refractivity contribution < 1.29 is 9.53 Å². The van der Waals surface area contributed by atoms with Crippen LogP contribution in [-0.2, 0) is 9.53 Å². The minimum atomic E-state index is -0.187. The van der Waals surface area contributed by atoms with Gasteiger partial charge in [-0.2, -0.15) is 0 Å². The number of anilines is 2. The average Bonchev–Trinajstić information content (AvgIpc) is 2.79. The Morgan fingerprint density at radius 3 is 2.59 bits per heavy atom. The topological polar surface area (TPSA) is 29.5 Å². The second kappa shape index (κ2) is 9.63. The molecular weight excluding hydrogens is 378 g/mol. The number of hydrogen-bond acceptors (Lipinski definition) is 3. The van der Waals surface area contributed by atoms with Crippen LogP contribution in [0.15, 0.2) is 53.4 Å². The number of benzene rings is 2. The Bertz CT molecular complexity index is 768. The lowest BCUT2D eigenvalue weighted by atomic mass is 10.00. The van der Waals surface area contributed by atoms with E-state index in [0.717, 1.165) is 42.0 Å². The number of nitrogens with zero attached hydrogens (tertiary/aromatic N) is 1. The monoisotopic (exact) mass is 403 g/mol. The van der Waals surface area contributed by atoms with Gasteiger partial charge in [-0.1, -0.05) is 68.3 Å². The van der Waals surface area contributed by atoms with Crippen LogP contribution in [0.1, 0.15) is 39.5 Å². The first-order chi connectivity index (χ1) is 13.2. The van der Waals surface area contributed by atoms with Crippen molar-refractivity contribution in [3.63, 3.8) is 0 Å². The highest BCUT2D eigenvalue weighted by atomic mass is 35.5. The van der Waals surface area contributed by atoms with E-state index in [4.69, 9.17) is 16.3 Å². The van der Waals surface area contributed by atoms with Gasteiger partial charge in [-0.15, -0.1) is 0 Å². The van der Waals surface area contributed by atoms with Crippen LogP contribution in [0, 0.1) is 5.92 Å². The van der Waals surface area contributed by atoms with Crippen LogP contribution in [0.4, 0.5) is 11.4 Å². The lowest BCUT2D eigenvalue weighted by molar-refractivity contribution is -0.124. The maximum absolute atomic E-state index is 13.7. The molecule has 0 spiro atoms. The molecule has 2 unspecified atom stereocenters. The molecule has 0 N–H and O–H groups in total. The first-order valence-corrected chi connectivity index (χ1v) is 10.9. The van der Waals surface area contributed by atoms with Gasteiger partial charge < -0.3 is 4.74 Å². The molecule has 2 atom stereocenters. The number of carbonyl (C=O) groups is 1. The van der Waals surface area contributed by atoms with Crippen molar-refractivity contribution in [3.8, 4) is 0 Å². The van der Waals surface area contributed by atoms with Gasteiger partial charge in [0.2, 0.25) is 5.91 Å². The third kappa shape index (κ3) is 4.68. The molecule has 0 bridgehead atoms. The van der Waals surface area contributed by atoms with Gasteiger partial charge in [0.25, 0.3) is 0 Å². The maximum atomic E-state index is 13.7. The fraction of sp³-hybridized carbons (Fsp3) is 0.409. The summed E-state index contributed by atoms with van der Waals surface area (Å²) in [5.41, 5.74) is 1.52. The van der Waals surface area contributed by atoms with Crippen LogP contribution in [0.3, 0.4) is 0 Å². The molecule has 0 saturated heterocycles. The Hall–Kier alpha value is -1.49. The lowest BCUT2D eigenvalue weighted by Crippen LogP contribution is -2.37. The number of amides is 1. The number of hydrogen-bond donors (Lipinski definition) is 0. The predicted octanol–water partition coefficient (Wildman–Crippen LogP) is 6.67. The van der Waals surface area contributed by atoms with Crippen molar-refractivity contribution in [2.45, 2.75) is 49.9 Å². The Balaban J connectivity index is 2.08. The normalized spacial score (nSPS) is 19.7. The van der Waals surface area contributed by atoms with E-state index in [-0.39, 0.29) is 17.3 Å². The average molecular weight is 404 g/mol. The molecule has 1 aliphatic rings. The van der Waals surface area contributed by atoms with Crippen molar-refractivity contribution in [1.29, 1.82) is 0 Å². The molecule has 0 saturated carbocycles. The minimum absolute atomic E-state index is 0.0873. The van der Waals surface area contributed by atoms with Gasteiger partial charge in [0.15, 0.2) is 0 Å². The smallest absolute Gasteiger partial charge is 0.238 e. The summed E-state index contributed by atoms with van der Waals surface area (Å²) < 4.78 is 6.15. The van der Waals surface area contributed by atoms with E-state index >= 15 is 0 Å². The zero-order chi connectivity index (χ0) is 19.2. The van der Waals surface area contributed by atoms with E-state index in [1.54, 1.807) is 11.8 Å². The van der Waals surface area contributed by atoms with Gasteiger partial charge in [-0.25, -0.2) is 0 Å². The molecule has 2 aromatic rings. The van der Waals surface area contributed by atoms with Crippen LogP contribution < -0.4 is 4.90 Å². The number of fused-ring (bicyclic) bond motifs is 1. The highest BCUT2D eigenvalue weighted by molar-refractivity contribution is 8.00. The molecule has 3 nitrogen and oxygen atoms in total. The number of thioether (sulfide) groups is 1. The van der Waals surface area contributed by atoms with Crippen LogP contribution in [-0.4, -0.2) is 18.0 Å². The van der Waals surface area contributed by atoms with Crippen LogP contribution in [0.2, 0.25) is 5.02 Å². The van der Waals surface area contributed by atoms with Crippen molar-refractivity contribution in [2.24, 2.45) is 5.92 Å². The van der Waals surface area contributed by atoms with E-state index in [2.05, 4.69) is 13.8 Å². The van der Waals surface area contributed by atoms with Crippen molar-refractivity contribution >= 4 is 40.6 Å². The number of halogens is 1. The summed E-state index contributed by atoms with van der Waals surface area (Å²) in [4.78, 5) is 16.5. The first-order valence-electron chi connectivity index (χ1n) is 9.62. The Morgan fingerprint density at radius 1 is 1.11 bits per heavy atom. The highest BCUT2D eigenvalue weighted by Crippen LogP contribution is 2.45. The number of para-hydroxylation sites is 1. The Labute approximate surface area is 171 Å². The van der Waals surface area contributed by atoms with Gasteiger partial charge in [-0.3, -0.25) is 9.69 Å². The Morgan fingerprint density at radius 2 is 1.89 bits per heavy atom. The molecule has 1 amide bonds. The van der Waals surface area contributed by atoms with Crippen LogP contribution >= 0.6 is 23.4 Å². The van der Waals surface area contributed by atoms with Gasteiger partial charge >= 0.3 is 0 Å². The largest absolute Gasteiger partial charge is 0.366 e. The fourth-order valence-corrected chi connectivity index (χ4v) is 4.70. The van der Waals surface area contributed by atoms with E-state index in [9.17, 15) is 4.79 Å². The standard InChI is InChI=1S/C22H26ClNO2S/c1-3-5-11-18-21(25)24(17-9-7-6-8-10-17)19-15-16(23)12-13-20(19)27-22(18)26-14-4-2/h6-10,12-13,15,18,22H,3-5,11,14H2,1-2H3. The molecule has 1 heterocycles. The van der Waals surface area contributed by atoms with Crippen molar-refractivity contribution in [1.82, 2.24) is 0 Å². The van der Waals surface area contributed by atoms with E-state index < -0.39 is 0 Å². The zero-order valence-corrected chi connectivity index (χ0v) is 17.4. The molecule has 27 heavy (non-hydrogen) atoms. The molecule has 2 aromatic carbocycles. The summed E-state index contributed by atoms with van der Waals surface area (Å²) in [5, 5.41) is 0.626. The van der Waals surface area contributed by atoms with E-state index in [0.29, 0.717) is 11.6 Å². The molecule has 0 fully saturated rings. The lowest BCUT2D eigenvalue weighted by Gasteiger charge is -2.28. The third-order valence-corrected chi connectivity index (χ3v) is 6.17. The molecule has 0 aliphatic carbocycles. The summed E-state index contributed by atoms with van der Waals surface area (Å²) in [7, 11) is 0. The van der Waals surface area contributed by atoms with Crippen LogP contribution in [0.5, 0.6) is 0 Å². The predicted molar refractivity (Wildman–Crippen MR) is 114 cm³/mol. The van der Waals surface area contributed by atoms with Crippen LogP contribution in [0.25, 0.3) is 0 Å².